The van der Waals surface area contributed by atoms with Crippen LogP contribution >= 0.6 is 0 Å². The van der Waals surface area contributed by atoms with Crippen molar-refractivity contribution in [3.8, 4) is 0 Å². The van der Waals surface area contributed by atoms with Crippen molar-refractivity contribution in [2.24, 2.45) is 5.92 Å². The van der Waals surface area contributed by atoms with Crippen molar-refractivity contribution >= 4 is 11.9 Å². The second kappa shape index (κ2) is 8.35. The van der Waals surface area contributed by atoms with Crippen LogP contribution in [0.3, 0.4) is 0 Å². The number of quaternary nitrogens is 1. The quantitative estimate of drug-likeness (QED) is 0.539. The van der Waals surface area contributed by atoms with Crippen LogP contribution in [0.1, 0.15) is 44.9 Å². The van der Waals surface area contributed by atoms with Crippen LogP contribution in [0.5, 0.6) is 0 Å². The number of nitrogens with two attached hydrogens (primary N) is 1. The number of halogens is 3. The number of hydrogen-bond acceptors (Lipinski definition) is 4. The molecule has 9 heteroatoms. The summed E-state index contributed by atoms with van der Waals surface area (Å²) >= 11 is 0. The van der Waals surface area contributed by atoms with Crippen molar-refractivity contribution < 1.29 is 37.6 Å². The largest absolute Gasteiger partial charge is 0.478 e. The molecule has 1 aliphatic carbocycles. The number of carbonyl (C=O) groups excluding carboxylic acids is 2. The van der Waals surface area contributed by atoms with Gasteiger partial charge in [0.05, 0.1) is 7.11 Å². The van der Waals surface area contributed by atoms with E-state index in [1.54, 1.807) is 0 Å². The van der Waals surface area contributed by atoms with Crippen molar-refractivity contribution in [1.29, 1.82) is 0 Å². The Kier molecular flexibility index (Phi) is 6.67. The number of alkyl halides is 3. The molecule has 3 N–H and O–H groups in total. The molecule has 1 amide bonds. The van der Waals surface area contributed by atoms with E-state index in [1.807, 2.05) is 5.32 Å². The van der Waals surface area contributed by atoms with Gasteiger partial charge in [-0.1, -0.05) is 19.3 Å². The number of hydrogen-bond donors (Lipinski definition) is 2. The lowest BCUT2D eigenvalue weighted by molar-refractivity contribution is -0.748. The van der Waals surface area contributed by atoms with Gasteiger partial charge in [-0.15, -0.1) is 0 Å². The Morgan fingerprint density at radius 2 is 1.84 bits per heavy atom. The van der Waals surface area contributed by atoms with Crippen molar-refractivity contribution in [3.63, 3.8) is 0 Å². The molecule has 0 radical (unpaired) electrons. The van der Waals surface area contributed by atoms with Crippen LogP contribution in [-0.2, 0) is 19.1 Å². The molecule has 25 heavy (non-hydrogen) atoms. The SMILES string of the molecule is COC(=O)[C@](NC(=O)C1CCCCC1)([NH2+]C[C@@H]1CCCO1)C(F)(F)F. The molecule has 0 bridgehead atoms. The molecule has 2 rings (SSSR count). The van der Waals surface area contributed by atoms with E-state index in [2.05, 4.69) is 4.74 Å². The fourth-order valence-corrected chi connectivity index (χ4v) is 3.45. The predicted molar refractivity (Wildman–Crippen MR) is 81.3 cm³/mol. The van der Waals surface area contributed by atoms with Gasteiger partial charge in [0, 0.05) is 12.5 Å². The van der Waals surface area contributed by atoms with Gasteiger partial charge >= 0.3 is 17.8 Å². The Bertz CT molecular complexity index is 474. The maximum atomic E-state index is 13.8. The van der Waals surface area contributed by atoms with Gasteiger partial charge in [0.1, 0.15) is 12.6 Å². The average molecular weight is 367 g/mol. The van der Waals surface area contributed by atoms with Crippen molar-refractivity contribution in [3.05, 3.63) is 0 Å². The Balaban J connectivity index is 2.18. The Morgan fingerprint density at radius 3 is 2.36 bits per heavy atom. The van der Waals surface area contributed by atoms with Crippen LogP contribution in [0.15, 0.2) is 0 Å². The first kappa shape index (κ1) is 20.0. The molecule has 2 fully saturated rings. The summed E-state index contributed by atoms with van der Waals surface area (Å²) < 4.78 is 51.2. The molecular weight excluding hydrogens is 341 g/mol. The highest BCUT2D eigenvalue weighted by atomic mass is 19.4. The average Bonchev–Trinajstić information content (AvgIpc) is 3.11. The molecule has 0 aromatic carbocycles. The van der Waals surface area contributed by atoms with Gasteiger partial charge in [-0.3, -0.25) is 10.1 Å². The molecule has 2 atom stereocenters. The molecular formula is C16H26F3N2O4+. The zero-order valence-corrected chi connectivity index (χ0v) is 14.4. The Morgan fingerprint density at radius 1 is 1.16 bits per heavy atom. The lowest BCUT2D eigenvalue weighted by Gasteiger charge is -2.33. The normalized spacial score (nSPS) is 24.6. The summed E-state index contributed by atoms with van der Waals surface area (Å²) in [5.41, 5.74) is -3.14. The minimum absolute atomic E-state index is 0.0838. The third-order valence-electron chi connectivity index (χ3n) is 4.96. The van der Waals surface area contributed by atoms with E-state index in [0.717, 1.165) is 38.1 Å². The highest BCUT2D eigenvalue weighted by Crippen LogP contribution is 2.29. The number of esters is 1. The molecule has 1 saturated carbocycles. The fraction of sp³-hybridized carbons (Fsp3) is 0.875. The smallest absolute Gasteiger partial charge is 0.463 e. The summed E-state index contributed by atoms with van der Waals surface area (Å²) in [5, 5.41) is 2.77. The molecule has 0 aromatic heterocycles. The minimum atomic E-state index is -5.00. The molecule has 144 valence electrons. The second-order valence-corrected chi connectivity index (χ2v) is 6.70. The third-order valence-corrected chi connectivity index (χ3v) is 4.96. The molecule has 0 spiro atoms. The number of rotatable bonds is 6. The Hall–Kier alpha value is -1.35. The summed E-state index contributed by atoms with van der Waals surface area (Å²) in [6, 6.07) is 0. The summed E-state index contributed by atoms with van der Waals surface area (Å²) in [6.07, 6.45) is -0.340. The number of carbonyl (C=O) groups is 2. The van der Waals surface area contributed by atoms with Crippen LogP contribution in [0.25, 0.3) is 0 Å². The molecule has 2 aliphatic rings. The standard InChI is InChI=1S/C16H25F3N2O4/c1-24-14(23)15(16(17,18)19,20-10-12-8-5-9-25-12)21-13(22)11-6-3-2-4-7-11/h11-12,20H,2-10H2,1H3,(H,21,22)/p+1/t12-,15+/m0/s1. The molecule has 1 heterocycles. The lowest BCUT2D eigenvalue weighted by atomic mass is 9.88. The summed E-state index contributed by atoms with van der Waals surface area (Å²) in [7, 11) is 0.884. The van der Waals surface area contributed by atoms with E-state index >= 15 is 0 Å². The number of ether oxygens (including phenoxy) is 2. The lowest BCUT2D eigenvalue weighted by Crippen LogP contribution is -3.07. The summed E-state index contributed by atoms with van der Waals surface area (Å²) in [4.78, 5) is 24.5. The molecule has 6 nitrogen and oxygen atoms in total. The van der Waals surface area contributed by atoms with Crippen LogP contribution in [-0.4, -0.2) is 50.1 Å². The first-order valence-electron chi connectivity index (χ1n) is 8.73. The van der Waals surface area contributed by atoms with E-state index in [4.69, 9.17) is 4.74 Å². The first-order chi connectivity index (χ1) is 11.8. The summed E-state index contributed by atoms with van der Waals surface area (Å²) in [5.74, 6) is -2.77. The maximum absolute atomic E-state index is 13.8. The molecule has 1 saturated heterocycles. The second-order valence-electron chi connectivity index (χ2n) is 6.70. The van der Waals surface area contributed by atoms with Crippen molar-refractivity contribution in [1.82, 2.24) is 5.32 Å². The highest BCUT2D eigenvalue weighted by molar-refractivity contribution is 5.88. The van der Waals surface area contributed by atoms with Crippen molar-refractivity contribution in [2.45, 2.75) is 62.9 Å². The number of nitrogens with one attached hydrogen (secondary N) is 1. The van der Waals surface area contributed by atoms with Crippen LogP contribution in [0.2, 0.25) is 0 Å². The zero-order chi connectivity index (χ0) is 18.5. The van der Waals surface area contributed by atoms with E-state index in [1.165, 1.54) is 0 Å². The van der Waals surface area contributed by atoms with Gasteiger partial charge in [-0.2, -0.15) is 13.2 Å². The van der Waals surface area contributed by atoms with Crippen LogP contribution in [0.4, 0.5) is 13.2 Å². The zero-order valence-electron chi connectivity index (χ0n) is 14.4. The van der Waals surface area contributed by atoms with Gasteiger partial charge in [0.15, 0.2) is 0 Å². The third kappa shape index (κ3) is 4.63. The van der Waals surface area contributed by atoms with Gasteiger partial charge in [0.25, 0.3) is 0 Å². The van der Waals surface area contributed by atoms with E-state index < -0.39 is 29.6 Å². The van der Waals surface area contributed by atoms with E-state index in [9.17, 15) is 22.8 Å². The molecule has 1 aliphatic heterocycles. The molecule has 0 aromatic rings. The van der Waals surface area contributed by atoms with Gasteiger partial charge in [-0.05, 0) is 25.7 Å². The maximum Gasteiger partial charge on any atom is 0.478 e. The number of amides is 1. The van der Waals surface area contributed by atoms with Gasteiger partial charge in [0.2, 0.25) is 5.91 Å². The highest BCUT2D eigenvalue weighted by Gasteiger charge is 2.67. The van der Waals surface area contributed by atoms with Gasteiger partial charge in [-0.25, -0.2) is 4.79 Å². The summed E-state index contributed by atoms with van der Waals surface area (Å²) in [6.45, 7) is 0.406. The topological polar surface area (TPSA) is 81.2 Å². The predicted octanol–water partition coefficient (Wildman–Crippen LogP) is 0.857. The van der Waals surface area contributed by atoms with Crippen molar-refractivity contribution in [2.75, 3.05) is 20.3 Å². The fourth-order valence-electron chi connectivity index (χ4n) is 3.45. The minimum Gasteiger partial charge on any atom is -0.463 e. The van der Waals surface area contributed by atoms with Crippen LogP contribution in [0, 0.1) is 5.92 Å². The number of methoxy groups -OCH3 is 1. The van der Waals surface area contributed by atoms with Gasteiger partial charge < -0.3 is 14.8 Å². The van der Waals surface area contributed by atoms with Crippen LogP contribution < -0.4 is 10.6 Å². The van der Waals surface area contributed by atoms with E-state index in [0.29, 0.717) is 25.9 Å². The monoisotopic (exact) mass is 367 g/mol. The Labute approximate surface area is 144 Å². The van der Waals surface area contributed by atoms with E-state index in [-0.39, 0.29) is 12.6 Å². The molecule has 0 unspecified atom stereocenters. The first-order valence-corrected chi connectivity index (χ1v) is 8.73.